The largest absolute Gasteiger partial charge is 0.390 e. The van der Waals surface area contributed by atoms with Gasteiger partial charge < -0.3 is 5.11 Å². The summed E-state index contributed by atoms with van der Waals surface area (Å²) in [6.07, 6.45) is 6.22. The van der Waals surface area contributed by atoms with Crippen LogP contribution < -0.4 is 0 Å². The van der Waals surface area contributed by atoms with E-state index in [1.54, 1.807) is 6.92 Å². The fraction of sp³-hybridized carbons (Fsp3) is 0.913. The lowest BCUT2D eigenvalue weighted by Crippen LogP contribution is -2.54. The molecule has 30 heavy (non-hydrogen) atoms. The monoisotopic (exact) mass is 418 g/mol. The van der Waals surface area contributed by atoms with Gasteiger partial charge in [0.1, 0.15) is 12.7 Å². The number of aromatic nitrogens is 4. The second-order valence-electron chi connectivity index (χ2n) is 11.3. The van der Waals surface area contributed by atoms with E-state index in [0.717, 1.165) is 38.5 Å². The van der Waals surface area contributed by atoms with Gasteiger partial charge in [-0.25, -0.2) is 4.39 Å². The van der Waals surface area contributed by atoms with E-state index in [9.17, 15) is 9.90 Å². The summed E-state index contributed by atoms with van der Waals surface area (Å²) < 4.78 is 15.4. The summed E-state index contributed by atoms with van der Waals surface area (Å²) in [6.45, 7) is 6.12. The molecule has 0 aromatic carbocycles. The fourth-order valence-corrected chi connectivity index (χ4v) is 8.17. The van der Waals surface area contributed by atoms with Crippen LogP contribution in [0.1, 0.15) is 71.0 Å². The summed E-state index contributed by atoms with van der Waals surface area (Å²) in [5, 5.41) is 22.5. The lowest BCUT2D eigenvalue weighted by Gasteiger charge is -2.57. The summed E-state index contributed by atoms with van der Waals surface area (Å²) in [6, 6.07) is 0. The Balaban J connectivity index is 1.34. The van der Waals surface area contributed by atoms with Gasteiger partial charge in [0.05, 0.1) is 5.60 Å². The summed E-state index contributed by atoms with van der Waals surface area (Å²) in [5.74, 6) is 2.58. The number of tetrazole rings is 1. The zero-order valence-corrected chi connectivity index (χ0v) is 18.4. The number of ketones is 1. The number of carbonyl (C=O) groups excluding carboxylic acids is 1. The minimum atomic E-state index is -0.817. The lowest BCUT2D eigenvalue weighted by atomic mass is 9.48. The maximum absolute atomic E-state index is 15.4. The van der Waals surface area contributed by atoms with Crippen molar-refractivity contribution in [2.75, 3.05) is 0 Å². The average Bonchev–Trinajstić information content (AvgIpc) is 3.24. The van der Waals surface area contributed by atoms with Crippen molar-refractivity contribution in [1.82, 2.24) is 20.2 Å². The van der Waals surface area contributed by atoms with Crippen LogP contribution in [0.25, 0.3) is 0 Å². The number of carbonyl (C=O) groups is 1. The molecule has 0 bridgehead atoms. The molecule has 0 aliphatic heterocycles. The van der Waals surface area contributed by atoms with Gasteiger partial charge in [0.2, 0.25) is 0 Å². The maximum Gasteiger partial charge on any atom is 0.171 e. The van der Waals surface area contributed by atoms with Gasteiger partial charge in [-0.1, -0.05) is 6.92 Å². The van der Waals surface area contributed by atoms with Gasteiger partial charge in [0, 0.05) is 5.92 Å². The number of aliphatic hydroxyl groups is 1. The van der Waals surface area contributed by atoms with Gasteiger partial charge in [0.25, 0.3) is 0 Å². The van der Waals surface area contributed by atoms with Crippen LogP contribution in [0.5, 0.6) is 0 Å². The Kier molecular flexibility index (Phi) is 4.84. The minimum Gasteiger partial charge on any atom is -0.390 e. The summed E-state index contributed by atoms with van der Waals surface area (Å²) in [5.41, 5.74) is -0.749. The van der Waals surface area contributed by atoms with E-state index < -0.39 is 11.8 Å². The number of hydrogen-bond acceptors (Lipinski definition) is 5. The number of alkyl halides is 1. The molecule has 5 rings (SSSR count). The fourth-order valence-electron chi connectivity index (χ4n) is 8.17. The molecule has 1 aromatic heterocycles. The average molecular weight is 419 g/mol. The SMILES string of the molecule is Cc1nnn(CC(=O)[C@H]2CC[C@H]3[C@@H]4C[C@@H](F)[C@H]5C[C@](C)(O)CC[C@@H]5[C@H]4CC[C@]23C)n1. The number of nitrogens with zero attached hydrogens (tertiary/aromatic N) is 4. The molecule has 4 aliphatic rings. The van der Waals surface area contributed by atoms with Gasteiger partial charge in [-0.3, -0.25) is 4.79 Å². The summed E-state index contributed by atoms with van der Waals surface area (Å²) in [7, 11) is 0. The van der Waals surface area contributed by atoms with Crippen LogP contribution in [0.4, 0.5) is 4.39 Å². The van der Waals surface area contributed by atoms with Crippen molar-refractivity contribution in [1.29, 1.82) is 0 Å². The van der Waals surface area contributed by atoms with Gasteiger partial charge >= 0.3 is 0 Å². The molecule has 1 heterocycles. The van der Waals surface area contributed by atoms with Crippen LogP contribution in [0.2, 0.25) is 0 Å². The topological polar surface area (TPSA) is 80.9 Å². The van der Waals surface area contributed by atoms with Gasteiger partial charge in [-0.05, 0) is 105 Å². The molecule has 9 atom stereocenters. The highest BCUT2D eigenvalue weighted by atomic mass is 19.1. The Morgan fingerprint density at radius 2 is 1.87 bits per heavy atom. The molecule has 0 radical (unpaired) electrons. The maximum atomic E-state index is 15.4. The molecule has 4 aliphatic carbocycles. The first-order chi connectivity index (χ1) is 14.2. The normalized spacial score (nSPS) is 48.0. The quantitative estimate of drug-likeness (QED) is 0.812. The van der Waals surface area contributed by atoms with Crippen molar-refractivity contribution in [2.45, 2.75) is 90.5 Å². The molecule has 1 N–H and O–H groups in total. The van der Waals surface area contributed by atoms with Crippen molar-refractivity contribution >= 4 is 5.78 Å². The van der Waals surface area contributed by atoms with Crippen molar-refractivity contribution in [3.8, 4) is 0 Å². The third-order valence-corrected chi connectivity index (χ3v) is 9.48. The third kappa shape index (κ3) is 3.23. The number of fused-ring (bicyclic) bond motifs is 5. The molecule has 166 valence electrons. The number of Topliss-reactive ketones (excluding diaryl/α,β-unsaturated/α-hetero) is 1. The molecule has 4 saturated carbocycles. The number of aryl methyl sites for hydroxylation is 1. The number of rotatable bonds is 3. The molecular formula is C23H35FN4O2. The molecule has 1 aromatic rings. The first kappa shape index (κ1) is 20.5. The van der Waals surface area contributed by atoms with E-state index in [1.165, 1.54) is 4.80 Å². The van der Waals surface area contributed by atoms with E-state index in [2.05, 4.69) is 22.3 Å². The first-order valence-electron chi connectivity index (χ1n) is 11.8. The van der Waals surface area contributed by atoms with Crippen molar-refractivity contribution in [3.05, 3.63) is 5.82 Å². The highest BCUT2D eigenvalue weighted by molar-refractivity contribution is 5.81. The zero-order valence-electron chi connectivity index (χ0n) is 18.4. The Morgan fingerprint density at radius 3 is 2.60 bits per heavy atom. The number of hydrogen-bond donors (Lipinski definition) is 1. The van der Waals surface area contributed by atoms with Crippen molar-refractivity contribution < 1.29 is 14.3 Å². The standard InChI is InChI=1S/C23H35FN4O2/c1-13-25-27-28(26-13)12-21(29)19-5-4-18-16-10-20(24)17-11-22(2,30)8-6-15(17)14(16)7-9-23(18,19)3/h14-20,30H,4-12H2,1-3H3/t14-,15-,16-,17+,18+,19-,20-,22-,23+/m1/s1. The van der Waals surface area contributed by atoms with E-state index in [0.29, 0.717) is 42.3 Å². The highest BCUT2D eigenvalue weighted by Gasteiger charge is 2.60. The van der Waals surface area contributed by atoms with Gasteiger partial charge in [0.15, 0.2) is 11.6 Å². The van der Waals surface area contributed by atoms with Crippen LogP contribution >= 0.6 is 0 Å². The van der Waals surface area contributed by atoms with E-state index in [1.807, 2.05) is 6.92 Å². The first-order valence-corrected chi connectivity index (χ1v) is 11.8. The Morgan fingerprint density at radius 1 is 1.13 bits per heavy atom. The van der Waals surface area contributed by atoms with Gasteiger partial charge in [-0.15, -0.1) is 10.2 Å². The van der Waals surface area contributed by atoms with Gasteiger partial charge in [-0.2, -0.15) is 4.80 Å². The predicted octanol–water partition coefficient (Wildman–Crippen LogP) is 3.52. The molecular weight excluding hydrogens is 383 g/mol. The van der Waals surface area contributed by atoms with E-state index in [-0.39, 0.29) is 29.6 Å². The Labute approximate surface area is 178 Å². The molecule has 0 saturated heterocycles. The second kappa shape index (κ2) is 7.07. The third-order valence-electron chi connectivity index (χ3n) is 9.48. The highest BCUT2D eigenvalue weighted by Crippen LogP contribution is 2.65. The Bertz CT molecular complexity index is 826. The van der Waals surface area contributed by atoms with Crippen LogP contribution in [0.15, 0.2) is 0 Å². The Hall–Kier alpha value is -1.37. The predicted molar refractivity (Wildman–Crippen MR) is 109 cm³/mol. The van der Waals surface area contributed by atoms with Crippen molar-refractivity contribution in [2.24, 2.45) is 40.9 Å². The van der Waals surface area contributed by atoms with E-state index >= 15 is 4.39 Å². The molecule has 0 spiro atoms. The minimum absolute atomic E-state index is 0.0117. The molecule has 4 fully saturated rings. The second-order valence-corrected chi connectivity index (χ2v) is 11.3. The zero-order chi connectivity index (χ0) is 21.3. The summed E-state index contributed by atoms with van der Waals surface area (Å²) in [4.78, 5) is 14.6. The molecule has 6 nitrogen and oxygen atoms in total. The lowest BCUT2D eigenvalue weighted by molar-refractivity contribution is -0.139. The number of halogens is 1. The van der Waals surface area contributed by atoms with Crippen molar-refractivity contribution in [3.63, 3.8) is 0 Å². The van der Waals surface area contributed by atoms with Crippen LogP contribution in [0, 0.1) is 47.8 Å². The molecule has 7 heteroatoms. The smallest absolute Gasteiger partial charge is 0.171 e. The van der Waals surface area contributed by atoms with E-state index in [4.69, 9.17) is 0 Å². The van der Waals surface area contributed by atoms with Crippen LogP contribution in [-0.4, -0.2) is 42.9 Å². The molecule has 0 unspecified atom stereocenters. The van der Waals surface area contributed by atoms with Crippen LogP contribution in [0.3, 0.4) is 0 Å². The summed E-state index contributed by atoms with van der Waals surface area (Å²) >= 11 is 0. The molecule has 0 amide bonds. The van der Waals surface area contributed by atoms with Crippen LogP contribution in [-0.2, 0) is 11.3 Å².